The zero-order valence-electron chi connectivity index (χ0n) is 13.4. The zero-order chi connectivity index (χ0) is 15.9. The molecule has 3 aromatic rings. The minimum absolute atomic E-state index is 0. The zero-order valence-corrected chi connectivity index (χ0v) is 13.4. The van der Waals surface area contributed by atoms with Crippen LogP contribution in [0.4, 0.5) is 5.69 Å². The summed E-state index contributed by atoms with van der Waals surface area (Å²) in [6.45, 7) is 3.71. The van der Waals surface area contributed by atoms with Crippen molar-refractivity contribution in [2.75, 3.05) is 18.8 Å². The Kier molecular flexibility index (Phi) is 5.27. The molecule has 0 radical (unpaired) electrons. The fourth-order valence-corrected chi connectivity index (χ4v) is 2.92. The van der Waals surface area contributed by atoms with E-state index in [1.807, 2.05) is 18.2 Å². The van der Waals surface area contributed by atoms with Gasteiger partial charge in [-0.1, -0.05) is 36.8 Å². The van der Waals surface area contributed by atoms with Crippen molar-refractivity contribution in [2.24, 2.45) is 0 Å². The second-order valence-electron chi connectivity index (χ2n) is 6.04. The van der Waals surface area contributed by atoms with Gasteiger partial charge >= 0.3 is 0 Å². The fraction of sp³-hybridized carbons (Fsp3) is 0.316. The molecule has 23 heavy (non-hydrogen) atoms. The molecule has 2 heterocycles. The molecule has 0 aliphatic carbocycles. The number of nitrogens with zero attached hydrogens (tertiary/aromatic N) is 2. The van der Waals surface area contributed by atoms with Crippen molar-refractivity contribution in [3.05, 3.63) is 60.3 Å². The average molecular weight is 312 g/mol. The number of nitrogens with one attached hydrogen (secondary N) is 1. The number of likely N-dealkylation sites (tertiary alicyclic amines) is 1. The van der Waals surface area contributed by atoms with Crippen molar-refractivity contribution >= 4 is 16.6 Å². The molecule has 1 fully saturated rings. The van der Waals surface area contributed by atoms with Crippen molar-refractivity contribution in [2.45, 2.75) is 25.8 Å². The maximum Gasteiger partial charge on any atom is 0.0651 e. The molecule has 4 heteroatoms. The van der Waals surface area contributed by atoms with E-state index < -0.39 is 0 Å². The van der Waals surface area contributed by atoms with Crippen LogP contribution >= 0.6 is 0 Å². The van der Waals surface area contributed by atoms with Gasteiger partial charge in [0.15, 0.2) is 0 Å². The minimum atomic E-state index is 0. The van der Waals surface area contributed by atoms with Crippen LogP contribution in [-0.4, -0.2) is 28.2 Å². The van der Waals surface area contributed by atoms with Gasteiger partial charge in [-0.2, -0.15) is 5.10 Å². The Hall–Kier alpha value is -2.33. The molecule has 0 bridgehead atoms. The third-order valence-corrected chi connectivity index (χ3v) is 4.16. The van der Waals surface area contributed by atoms with Crippen LogP contribution < -0.4 is 5.73 Å². The van der Waals surface area contributed by atoms with Crippen LogP contribution in [0.15, 0.2) is 54.7 Å². The summed E-state index contributed by atoms with van der Waals surface area (Å²) in [6.07, 6.45) is 5.94. The summed E-state index contributed by atoms with van der Waals surface area (Å²) in [5.41, 5.74) is 8.78. The van der Waals surface area contributed by atoms with Crippen LogP contribution in [0.2, 0.25) is 0 Å². The summed E-state index contributed by atoms with van der Waals surface area (Å²) in [7, 11) is 0. The van der Waals surface area contributed by atoms with E-state index in [1.54, 1.807) is 6.20 Å². The lowest BCUT2D eigenvalue weighted by molar-refractivity contribution is 0.221. The Morgan fingerprint density at radius 2 is 1.83 bits per heavy atom. The molecule has 4 rings (SSSR count). The molecule has 124 valence electrons. The van der Waals surface area contributed by atoms with Crippen LogP contribution in [0.25, 0.3) is 10.9 Å². The van der Waals surface area contributed by atoms with E-state index in [1.165, 1.54) is 37.9 Å². The normalized spacial score (nSPS) is 15.1. The van der Waals surface area contributed by atoms with E-state index in [2.05, 4.69) is 45.4 Å². The van der Waals surface area contributed by atoms with Crippen LogP contribution in [0.5, 0.6) is 0 Å². The highest BCUT2D eigenvalue weighted by molar-refractivity contribution is 5.81. The van der Waals surface area contributed by atoms with Crippen LogP contribution in [0.3, 0.4) is 0 Å². The van der Waals surface area contributed by atoms with Crippen LogP contribution in [0, 0.1) is 0 Å². The second-order valence-corrected chi connectivity index (χ2v) is 6.04. The molecule has 1 aliphatic heterocycles. The third kappa shape index (κ3) is 4.57. The minimum Gasteiger partial charge on any atom is -0.399 e. The number of H-pyrrole nitrogens is 1. The number of anilines is 1. The monoisotopic (exact) mass is 312 g/mol. The number of hydrogen-bond donors (Lipinski definition) is 2. The first kappa shape index (κ1) is 15.6. The maximum absolute atomic E-state index is 5.54. The third-order valence-electron chi connectivity index (χ3n) is 4.16. The van der Waals surface area contributed by atoms with Crippen LogP contribution in [-0.2, 0) is 6.54 Å². The van der Waals surface area contributed by atoms with E-state index in [4.69, 9.17) is 5.73 Å². The first-order chi connectivity index (χ1) is 11.3. The number of benzene rings is 2. The van der Waals surface area contributed by atoms with E-state index in [0.717, 1.165) is 23.1 Å². The molecule has 3 N–H and O–H groups in total. The van der Waals surface area contributed by atoms with Gasteiger partial charge in [0, 0.05) is 20.5 Å². The van der Waals surface area contributed by atoms with E-state index in [-0.39, 0.29) is 2.85 Å². The van der Waals surface area contributed by atoms with Gasteiger partial charge in [-0.3, -0.25) is 10.00 Å². The number of piperidine rings is 1. The van der Waals surface area contributed by atoms with Crippen molar-refractivity contribution in [3.8, 4) is 0 Å². The van der Waals surface area contributed by atoms with Gasteiger partial charge in [0.1, 0.15) is 0 Å². The van der Waals surface area contributed by atoms with Gasteiger partial charge in [-0.15, -0.1) is 0 Å². The summed E-state index contributed by atoms with van der Waals surface area (Å²) in [5.74, 6) is 0. The molecule has 4 nitrogen and oxygen atoms in total. The summed E-state index contributed by atoms with van der Waals surface area (Å²) < 4.78 is 0. The predicted octanol–water partition coefficient (Wildman–Crippen LogP) is 4.31. The summed E-state index contributed by atoms with van der Waals surface area (Å²) >= 11 is 0. The van der Waals surface area contributed by atoms with Gasteiger partial charge < -0.3 is 5.73 Å². The van der Waals surface area contributed by atoms with Gasteiger partial charge in [-0.25, -0.2) is 0 Å². The Morgan fingerprint density at radius 3 is 2.61 bits per heavy atom. The largest absolute Gasteiger partial charge is 0.399 e. The molecule has 0 amide bonds. The molecule has 0 saturated carbocycles. The second kappa shape index (κ2) is 7.79. The van der Waals surface area contributed by atoms with Gasteiger partial charge in [0.2, 0.25) is 0 Å². The lowest BCUT2D eigenvalue weighted by atomic mass is 10.1. The number of nitrogens with two attached hydrogens (primary N) is 1. The highest BCUT2D eigenvalue weighted by Crippen LogP contribution is 2.13. The molecule has 1 aromatic heterocycles. The summed E-state index contributed by atoms with van der Waals surface area (Å²) in [4.78, 5) is 2.55. The van der Waals surface area contributed by atoms with Crippen molar-refractivity contribution < 1.29 is 2.85 Å². The van der Waals surface area contributed by atoms with Gasteiger partial charge in [-0.05, 0) is 49.7 Å². The quantitative estimate of drug-likeness (QED) is 0.693. The first-order valence-electron chi connectivity index (χ1n) is 8.26. The smallest absolute Gasteiger partial charge is 0.0651 e. The SMILES string of the molecule is Nc1ccc2[nH]ncc2c1.[HH].[HH].c1ccc(CN2CCCCC2)cc1. The highest BCUT2D eigenvalue weighted by atomic mass is 15.1. The summed E-state index contributed by atoms with van der Waals surface area (Å²) in [5, 5.41) is 7.76. The number of hydrogen-bond acceptors (Lipinski definition) is 3. The lowest BCUT2D eigenvalue weighted by Gasteiger charge is -2.26. The molecular formula is C19H28N4. The molecule has 0 spiro atoms. The molecule has 0 atom stereocenters. The standard InChI is InChI=1S/C12H17N.C7H7N3.2H2/c1-3-7-12(8-4-1)11-13-9-5-2-6-10-13;8-6-1-2-7-5(3-6)4-9-10-7;;/h1,3-4,7-8H,2,5-6,9-11H2;1-4H,8H2,(H,9,10);2*1H. The first-order valence-corrected chi connectivity index (χ1v) is 8.26. The van der Waals surface area contributed by atoms with Gasteiger partial charge in [0.25, 0.3) is 0 Å². The number of fused-ring (bicyclic) bond motifs is 1. The Morgan fingerprint density at radius 1 is 1.04 bits per heavy atom. The number of aromatic amines is 1. The molecular weight excluding hydrogens is 284 g/mol. The number of aromatic nitrogens is 2. The van der Waals surface area contributed by atoms with Gasteiger partial charge in [0.05, 0.1) is 11.7 Å². The Bertz CT molecular complexity index is 724. The molecule has 1 saturated heterocycles. The number of rotatable bonds is 2. The molecule has 0 unspecified atom stereocenters. The maximum atomic E-state index is 5.54. The highest BCUT2D eigenvalue weighted by Gasteiger charge is 2.09. The topological polar surface area (TPSA) is 57.9 Å². The van der Waals surface area contributed by atoms with Crippen LogP contribution in [0.1, 0.15) is 27.7 Å². The Labute approximate surface area is 140 Å². The van der Waals surface area contributed by atoms with Crippen molar-refractivity contribution in [1.82, 2.24) is 15.1 Å². The van der Waals surface area contributed by atoms with E-state index >= 15 is 0 Å². The van der Waals surface area contributed by atoms with E-state index in [9.17, 15) is 0 Å². The average Bonchev–Trinajstić information content (AvgIpc) is 3.05. The predicted molar refractivity (Wildman–Crippen MR) is 100 cm³/mol. The summed E-state index contributed by atoms with van der Waals surface area (Å²) in [6, 6.07) is 16.4. The van der Waals surface area contributed by atoms with Crippen molar-refractivity contribution in [1.29, 1.82) is 0 Å². The lowest BCUT2D eigenvalue weighted by Crippen LogP contribution is -2.28. The molecule has 1 aliphatic rings. The fourth-order valence-electron chi connectivity index (χ4n) is 2.92. The Balaban J connectivity index is 0.000000237. The molecule has 2 aromatic carbocycles. The number of nitrogen functional groups attached to an aromatic ring is 1. The van der Waals surface area contributed by atoms with E-state index in [0.29, 0.717) is 0 Å². The van der Waals surface area contributed by atoms with Crippen molar-refractivity contribution in [3.63, 3.8) is 0 Å².